The summed E-state index contributed by atoms with van der Waals surface area (Å²) in [4.78, 5) is 21.5. The molecule has 18 heavy (non-hydrogen) atoms. The van der Waals surface area contributed by atoms with Gasteiger partial charge in [-0.2, -0.15) is 5.26 Å². The Bertz CT molecular complexity index is 511. The molecule has 0 atom stereocenters. The number of hydrogen-bond donors (Lipinski definition) is 3. The molecule has 3 N–H and O–H groups in total. The van der Waals surface area contributed by atoms with Crippen LogP contribution in [-0.2, 0) is 9.59 Å². The zero-order chi connectivity index (χ0) is 13.5. The quantitative estimate of drug-likeness (QED) is 0.733. The molecule has 0 radical (unpaired) electrons. The maximum absolute atomic E-state index is 11.3. The van der Waals surface area contributed by atoms with Gasteiger partial charge >= 0.3 is 5.97 Å². The summed E-state index contributed by atoms with van der Waals surface area (Å²) < 4.78 is 0. The summed E-state index contributed by atoms with van der Waals surface area (Å²) in [6.45, 7) is -0.580. The van der Waals surface area contributed by atoms with E-state index in [9.17, 15) is 9.59 Å². The fourth-order valence-electron chi connectivity index (χ4n) is 1.20. The van der Waals surface area contributed by atoms with E-state index in [0.717, 1.165) is 0 Å². The normalized spacial score (nSPS) is 9.33. The van der Waals surface area contributed by atoms with E-state index in [2.05, 4.69) is 10.6 Å². The van der Waals surface area contributed by atoms with Crippen LogP contribution in [0.15, 0.2) is 18.2 Å². The van der Waals surface area contributed by atoms with E-state index in [0.29, 0.717) is 5.69 Å². The summed E-state index contributed by atoms with van der Waals surface area (Å²) in [6, 6.07) is 6.73. The van der Waals surface area contributed by atoms with Crippen LogP contribution in [0.25, 0.3) is 0 Å². The van der Waals surface area contributed by atoms with E-state index in [1.807, 2.05) is 6.07 Å². The van der Waals surface area contributed by atoms with Crippen LogP contribution >= 0.6 is 11.6 Å². The van der Waals surface area contributed by atoms with Gasteiger partial charge in [-0.1, -0.05) is 17.7 Å². The molecular formula is C11H10ClN3O3. The van der Waals surface area contributed by atoms with Crippen molar-refractivity contribution in [2.45, 2.75) is 0 Å². The molecule has 0 bridgehead atoms. The van der Waals surface area contributed by atoms with Gasteiger partial charge in [-0.15, -0.1) is 0 Å². The number of nitriles is 1. The number of aliphatic carboxylic acids is 1. The number of halogens is 1. The SMILES string of the molecule is N#Cc1c(Cl)cccc1NCC(=O)NCC(=O)O. The summed E-state index contributed by atoms with van der Waals surface area (Å²) in [5, 5.41) is 22.4. The molecule has 1 rings (SSSR count). The van der Waals surface area contributed by atoms with Crippen LogP contribution in [0.3, 0.4) is 0 Å². The number of anilines is 1. The van der Waals surface area contributed by atoms with E-state index < -0.39 is 18.4 Å². The minimum absolute atomic E-state index is 0.137. The van der Waals surface area contributed by atoms with Crippen LogP contribution in [0.1, 0.15) is 5.56 Å². The second-order valence-electron chi connectivity index (χ2n) is 3.30. The van der Waals surface area contributed by atoms with E-state index in [4.69, 9.17) is 22.0 Å². The van der Waals surface area contributed by atoms with Gasteiger partial charge in [0.1, 0.15) is 12.6 Å². The molecule has 0 aliphatic rings. The van der Waals surface area contributed by atoms with Gasteiger partial charge in [0, 0.05) is 0 Å². The molecule has 0 fully saturated rings. The number of amides is 1. The first-order valence-electron chi connectivity index (χ1n) is 4.95. The number of carboxylic acid groups (broad SMARTS) is 1. The second kappa shape index (κ2) is 6.47. The maximum atomic E-state index is 11.3. The number of rotatable bonds is 5. The highest BCUT2D eigenvalue weighted by Gasteiger charge is 2.08. The number of nitrogens with zero attached hydrogens (tertiary/aromatic N) is 1. The lowest BCUT2D eigenvalue weighted by Gasteiger charge is -2.08. The molecule has 0 saturated heterocycles. The average Bonchev–Trinajstić information content (AvgIpc) is 2.33. The Labute approximate surface area is 108 Å². The number of benzene rings is 1. The van der Waals surface area contributed by atoms with Gasteiger partial charge in [0.15, 0.2) is 0 Å². The molecule has 0 spiro atoms. The average molecular weight is 268 g/mol. The Kier molecular flexibility index (Phi) is 4.96. The van der Waals surface area contributed by atoms with Gasteiger partial charge in [-0.05, 0) is 12.1 Å². The van der Waals surface area contributed by atoms with E-state index in [-0.39, 0.29) is 17.1 Å². The first-order chi connectivity index (χ1) is 8.54. The summed E-state index contributed by atoms with van der Waals surface area (Å²) in [5.41, 5.74) is 0.667. The first kappa shape index (κ1) is 13.8. The highest BCUT2D eigenvalue weighted by molar-refractivity contribution is 6.32. The molecule has 1 aromatic carbocycles. The van der Waals surface area contributed by atoms with Gasteiger partial charge in [0.2, 0.25) is 5.91 Å². The molecule has 7 heteroatoms. The van der Waals surface area contributed by atoms with Gasteiger partial charge in [-0.3, -0.25) is 9.59 Å². The topological polar surface area (TPSA) is 102 Å². The predicted molar refractivity (Wildman–Crippen MR) is 65.3 cm³/mol. The second-order valence-corrected chi connectivity index (χ2v) is 3.71. The predicted octanol–water partition coefficient (Wildman–Crippen LogP) is 0.824. The highest BCUT2D eigenvalue weighted by atomic mass is 35.5. The molecule has 6 nitrogen and oxygen atoms in total. The van der Waals surface area contributed by atoms with Crippen molar-refractivity contribution >= 4 is 29.2 Å². The van der Waals surface area contributed by atoms with Crippen molar-refractivity contribution in [3.8, 4) is 6.07 Å². The van der Waals surface area contributed by atoms with Crippen molar-refractivity contribution in [1.29, 1.82) is 5.26 Å². The van der Waals surface area contributed by atoms with Gasteiger partial charge in [0.25, 0.3) is 0 Å². The van der Waals surface area contributed by atoms with Crippen LogP contribution in [0.5, 0.6) is 0 Å². The fourth-order valence-corrected chi connectivity index (χ4v) is 1.41. The van der Waals surface area contributed by atoms with Crippen molar-refractivity contribution in [2.24, 2.45) is 0 Å². The number of carbonyl (C=O) groups excluding carboxylic acids is 1. The van der Waals surface area contributed by atoms with Crippen molar-refractivity contribution in [3.63, 3.8) is 0 Å². The van der Waals surface area contributed by atoms with E-state index >= 15 is 0 Å². The highest BCUT2D eigenvalue weighted by Crippen LogP contribution is 2.22. The van der Waals surface area contributed by atoms with Gasteiger partial charge in [0.05, 0.1) is 22.8 Å². The molecule has 94 valence electrons. The Morgan fingerprint density at radius 1 is 1.39 bits per heavy atom. The molecule has 0 heterocycles. The number of carboxylic acids is 1. The molecule has 0 aliphatic carbocycles. The Morgan fingerprint density at radius 2 is 2.11 bits per heavy atom. The first-order valence-corrected chi connectivity index (χ1v) is 5.33. The summed E-state index contributed by atoms with van der Waals surface area (Å²) in [5.74, 6) is -1.61. The van der Waals surface area contributed by atoms with E-state index in [1.54, 1.807) is 18.2 Å². The molecule has 0 saturated carbocycles. The van der Waals surface area contributed by atoms with Crippen LogP contribution < -0.4 is 10.6 Å². The van der Waals surface area contributed by atoms with Crippen molar-refractivity contribution in [3.05, 3.63) is 28.8 Å². The largest absolute Gasteiger partial charge is 0.480 e. The zero-order valence-electron chi connectivity index (χ0n) is 9.24. The van der Waals surface area contributed by atoms with Crippen LogP contribution in [-0.4, -0.2) is 30.1 Å². The number of nitrogens with one attached hydrogen (secondary N) is 2. The lowest BCUT2D eigenvalue weighted by molar-refractivity contribution is -0.137. The standard InChI is InChI=1S/C11H10ClN3O3/c12-8-2-1-3-9(7(8)4-13)14-5-10(16)15-6-11(17)18/h1-3,14H,5-6H2,(H,15,16)(H,17,18). The number of hydrogen-bond acceptors (Lipinski definition) is 4. The fraction of sp³-hybridized carbons (Fsp3) is 0.182. The monoisotopic (exact) mass is 267 g/mol. The molecular weight excluding hydrogens is 258 g/mol. The Balaban J connectivity index is 2.59. The molecule has 1 amide bonds. The molecule has 0 aliphatic heterocycles. The third kappa shape index (κ3) is 3.96. The molecule has 0 aromatic heterocycles. The summed E-state index contributed by atoms with van der Waals surface area (Å²) >= 11 is 5.81. The van der Waals surface area contributed by atoms with Crippen molar-refractivity contribution in [1.82, 2.24) is 5.32 Å². The van der Waals surface area contributed by atoms with Crippen LogP contribution in [0.2, 0.25) is 5.02 Å². The Hall–Kier alpha value is -2.26. The third-order valence-corrected chi connectivity index (χ3v) is 2.32. The summed E-state index contributed by atoms with van der Waals surface area (Å²) in [6.07, 6.45) is 0. The minimum atomic E-state index is -1.12. The maximum Gasteiger partial charge on any atom is 0.322 e. The number of carbonyl (C=O) groups is 2. The molecule has 1 aromatic rings. The van der Waals surface area contributed by atoms with Gasteiger partial charge < -0.3 is 15.7 Å². The lowest BCUT2D eigenvalue weighted by Crippen LogP contribution is -2.33. The third-order valence-electron chi connectivity index (χ3n) is 2.00. The van der Waals surface area contributed by atoms with E-state index in [1.165, 1.54) is 0 Å². The van der Waals surface area contributed by atoms with Crippen molar-refractivity contribution < 1.29 is 14.7 Å². The smallest absolute Gasteiger partial charge is 0.322 e. The zero-order valence-corrected chi connectivity index (χ0v) is 9.99. The Morgan fingerprint density at radius 3 is 2.72 bits per heavy atom. The van der Waals surface area contributed by atoms with Crippen molar-refractivity contribution in [2.75, 3.05) is 18.4 Å². The summed E-state index contributed by atoms with van der Waals surface area (Å²) in [7, 11) is 0. The van der Waals surface area contributed by atoms with Crippen LogP contribution in [0, 0.1) is 11.3 Å². The lowest BCUT2D eigenvalue weighted by atomic mass is 10.2. The minimum Gasteiger partial charge on any atom is -0.480 e. The molecule has 0 unspecified atom stereocenters. The van der Waals surface area contributed by atoms with Crippen LogP contribution in [0.4, 0.5) is 5.69 Å². The van der Waals surface area contributed by atoms with Gasteiger partial charge in [-0.25, -0.2) is 0 Å².